The molecular formula is C22H34N4O9. The van der Waals surface area contributed by atoms with E-state index in [4.69, 9.17) is 10.2 Å². The topological polar surface area (TPSA) is 199 Å². The van der Waals surface area contributed by atoms with Crippen LogP contribution in [0.25, 0.3) is 0 Å². The summed E-state index contributed by atoms with van der Waals surface area (Å²) in [5.74, 6) is -4.79. The quantitative estimate of drug-likeness (QED) is 0.187. The van der Waals surface area contributed by atoms with Gasteiger partial charge in [-0.25, -0.2) is 0 Å². The molecule has 0 aromatic heterocycles. The summed E-state index contributed by atoms with van der Waals surface area (Å²) in [4.78, 5) is 84.6. The minimum atomic E-state index is -1.32. The van der Waals surface area contributed by atoms with Crippen LogP contribution in [-0.2, 0) is 33.6 Å². The maximum absolute atomic E-state index is 13.4. The van der Waals surface area contributed by atoms with E-state index in [0.29, 0.717) is 0 Å². The van der Waals surface area contributed by atoms with Gasteiger partial charge in [-0.05, 0) is 18.8 Å². The largest absolute Gasteiger partial charge is 0.481 e. The lowest BCUT2D eigenvalue weighted by atomic mass is 10.0. The van der Waals surface area contributed by atoms with Gasteiger partial charge in [-0.2, -0.15) is 0 Å². The number of carboxylic acids is 2. The Bertz CT molecular complexity index is 832. The van der Waals surface area contributed by atoms with E-state index >= 15 is 0 Å². The van der Waals surface area contributed by atoms with E-state index < -0.39 is 72.6 Å². The van der Waals surface area contributed by atoms with Gasteiger partial charge in [-0.1, -0.05) is 20.3 Å². The number of nitrogens with one attached hydrogen (secondary N) is 3. The third-order valence-corrected chi connectivity index (χ3v) is 5.69. The molecule has 0 bridgehead atoms. The molecule has 1 heterocycles. The second kappa shape index (κ2) is 14.0. The van der Waals surface area contributed by atoms with Crippen LogP contribution in [-0.4, -0.2) is 87.7 Å². The summed E-state index contributed by atoms with van der Waals surface area (Å²) in [6, 6.07) is -4.34. The van der Waals surface area contributed by atoms with Crippen LogP contribution in [0.15, 0.2) is 0 Å². The molecule has 13 heteroatoms. The van der Waals surface area contributed by atoms with Crippen LogP contribution in [0.5, 0.6) is 0 Å². The minimum Gasteiger partial charge on any atom is -0.481 e. The summed E-state index contributed by atoms with van der Waals surface area (Å²) in [5.41, 5.74) is 0. The van der Waals surface area contributed by atoms with E-state index in [1.54, 1.807) is 0 Å². The Morgan fingerprint density at radius 2 is 1.71 bits per heavy atom. The predicted molar refractivity (Wildman–Crippen MR) is 121 cm³/mol. The molecule has 0 aromatic carbocycles. The number of nitrogens with zero attached hydrogens (tertiary/aromatic N) is 1. The molecule has 1 aliphatic heterocycles. The third-order valence-electron chi connectivity index (χ3n) is 5.69. The van der Waals surface area contributed by atoms with Crippen LogP contribution in [0.1, 0.15) is 59.3 Å². The lowest BCUT2D eigenvalue weighted by Gasteiger charge is -2.29. The van der Waals surface area contributed by atoms with Gasteiger partial charge < -0.3 is 35.9 Å². The highest BCUT2D eigenvalue weighted by atomic mass is 16.4. The summed E-state index contributed by atoms with van der Waals surface area (Å²) in [7, 11) is 0. The standard InChI is InChI=1S/C22H34N4O9/c1-4-12(2)7-18(29)25-16(5-6-19(30)31)22(35)26-10-14(23-13(3)28)8-17(26)21(34)24-15(11-27)9-20(32)33/h11-12,14-17H,4-10H2,1-3H3,(H,23,28)(H,24,34)(H,25,29)(H,30,31)(H,32,33). The van der Waals surface area contributed by atoms with Gasteiger partial charge in [0.15, 0.2) is 0 Å². The van der Waals surface area contributed by atoms with Crippen LogP contribution in [0.3, 0.4) is 0 Å². The Hall–Kier alpha value is -3.51. The molecule has 0 radical (unpaired) electrons. The van der Waals surface area contributed by atoms with Crippen molar-refractivity contribution in [3.8, 4) is 0 Å². The minimum absolute atomic E-state index is 0.0116. The molecule has 1 aliphatic rings. The third kappa shape index (κ3) is 10.1. The molecule has 0 aromatic rings. The molecule has 0 spiro atoms. The normalized spacial score (nSPS) is 19.7. The van der Waals surface area contributed by atoms with Gasteiger partial charge in [0.05, 0.1) is 12.5 Å². The van der Waals surface area contributed by atoms with E-state index in [1.807, 2.05) is 13.8 Å². The highest BCUT2D eigenvalue weighted by molar-refractivity contribution is 5.94. The number of likely N-dealkylation sites (tertiary alicyclic amines) is 1. The Balaban J connectivity index is 3.14. The second-order valence-electron chi connectivity index (χ2n) is 8.76. The number of rotatable bonds is 14. The first-order chi connectivity index (χ1) is 16.4. The van der Waals surface area contributed by atoms with Gasteiger partial charge in [-0.15, -0.1) is 0 Å². The van der Waals surface area contributed by atoms with Crippen molar-refractivity contribution in [2.45, 2.75) is 83.5 Å². The number of carbonyl (C=O) groups excluding carboxylic acids is 5. The first-order valence-electron chi connectivity index (χ1n) is 11.4. The fraction of sp³-hybridized carbons (Fsp3) is 0.682. The van der Waals surface area contributed by atoms with Gasteiger partial charge in [-0.3, -0.25) is 28.8 Å². The molecule has 0 aliphatic carbocycles. The average Bonchev–Trinajstić information content (AvgIpc) is 3.18. The van der Waals surface area contributed by atoms with Crippen molar-refractivity contribution in [1.82, 2.24) is 20.9 Å². The number of carboxylic acid groups (broad SMARTS) is 2. The molecule has 13 nitrogen and oxygen atoms in total. The van der Waals surface area contributed by atoms with Gasteiger partial charge >= 0.3 is 11.9 Å². The van der Waals surface area contributed by atoms with E-state index in [-0.39, 0.29) is 38.0 Å². The first kappa shape index (κ1) is 29.5. The number of hydrogen-bond acceptors (Lipinski definition) is 7. The fourth-order valence-corrected chi connectivity index (χ4v) is 3.76. The lowest BCUT2D eigenvalue weighted by molar-refractivity contribution is -0.144. The van der Waals surface area contributed by atoms with Crippen molar-refractivity contribution in [3.05, 3.63) is 0 Å². The highest BCUT2D eigenvalue weighted by Crippen LogP contribution is 2.21. The Morgan fingerprint density at radius 1 is 1.06 bits per heavy atom. The molecule has 1 saturated heterocycles. The van der Waals surface area contributed by atoms with Crippen LogP contribution in [0.2, 0.25) is 0 Å². The molecule has 0 saturated carbocycles. The van der Waals surface area contributed by atoms with Gasteiger partial charge in [0.25, 0.3) is 0 Å². The molecule has 196 valence electrons. The highest BCUT2D eigenvalue weighted by Gasteiger charge is 2.42. The summed E-state index contributed by atoms with van der Waals surface area (Å²) >= 11 is 0. The summed E-state index contributed by atoms with van der Waals surface area (Å²) in [6.07, 6.45) is -0.175. The number of hydrogen-bond donors (Lipinski definition) is 5. The zero-order valence-corrected chi connectivity index (χ0v) is 20.1. The average molecular weight is 499 g/mol. The SMILES string of the molecule is CCC(C)CC(=O)NC(CCC(=O)O)C(=O)N1CC(NC(C)=O)CC1C(=O)NC(C=O)CC(=O)O. The van der Waals surface area contributed by atoms with Gasteiger partial charge in [0.2, 0.25) is 23.6 Å². The summed E-state index contributed by atoms with van der Waals surface area (Å²) in [5, 5.41) is 25.4. The van der Waals surface area contributed by atoms with E-state index in [2.05, 4.69) is 16.0 Å². The van der Waals surface area contributed by atoms with Crippen molar-refractivity contribution in [2.75, 3.05) is 6.54 Å². The zero-order chi connectivity index (χ0) is 26.7. The Morgan fingerprint density at radius 3 is 2.23 bits per heavy atom. The molecule has 4 amide bonds. The van der Waals surface area contributed by atoms with Gasteiger partial charge in [0, 0.05) is 32.4 Å². The summed E-state index contributed by atoms with van der Waals surface area (Å²) in [6.45, 7) is 4.93. The van der Waals surface area contributed by atoms with Gasteiger partial charge in [0.1, 0.15) is 18.4 Å². The molecule has 5 unspecified atom stereocenters. The van der Waals surface area contributed by atoms with E-state index in [1.165, 1.54) is 6.92 Å². The molecule has 5 N–H and O–H groups in total. The van der Waals surface area contributed by atoms with Crippen LogP contribution in [0, 0.1) is 5.92 Å². The second-order valence-corrected chi connectivity index (χ2v) is 8.76. The zero-order valence-electron chi connectivity index (χ0n) is 20.1. The van der Waals surface area contributed by atoms with Crippen molar-refractivity contribution < 1.29 is 43.8 Å². The van der Waals surface area contributed by atoms with Crippen LogP contribution >= 0.6 is 0 Å². The Labute approximate surface area is 203 Å². The van der Waals surface area contributed by atoms with Crippen molar-refractivity contribution in [2.24, 2.45) is 5.92 Å². The molecular weight excluding hydrogens is 464 g/mol. The number of carbonyl (C=O) groups is 7. The predicted octanol–water partition coefficient (Wildman–Crippen LogP) is -0.964. The first-order valence-corrected chi connectivity index (χ1v) is 11.4. The van der Waals surface area contributed by atoms with E-state index in [0.717, 1.165) is 11.3 Å². The number of aliphatic carboxylic acids is 2. The lowest BCUT2D eigenvalue weighted by Crippen LogP contribution is -2.55. The van der Waals surface area contributed by atoms with Crippen molar-refractivity contribution in [3.63, 3.8) is 0 Å². The molecule has 5 atom stereocenters. The molecule has 1 fully saturated rings. The number of aldehydes is 1. The van der Waals surface area contributed by atoms with Crippen molar-refractivity contribution >= 4 is 41.9 Å². The number of amides is 4. The smallest absolute Gasteiger partial charge is 0.305 e. The van der Waals surface area contributed by atoms with Crippen LogP contribution in [0.4, 0.5) is 0 Å². The van der Waals surface area contributed by atoms with Crippen LogP contribution < -0.4 is 16.0 Å². The maximum atomic E-state index is 13.4. The van der Waals surface area contributed by atoms with E-state index in [9.17, 15) is 33.6 Å². The summed E-state index contributed by atoms with van der Waals surface area (Å²) < 4.78 is 0. The molecule has 35 heavy (non-hydrogen) atoms. The monoisotopic (exact) mass is 498 g/mol. The fourth-order valence-electron chi connectivity index (χ4n) is 3.76. The Kier molecular flexibility index (Phi) is 11.8. The van der Waals surface area contributed by atoms with Crippen molar-refractivity contribution in [1.29, 1.82) is 0 Å². The maximum Gasteiger partial charge on any atom is 0.305 e. The molecule has 1 rings (SSSR count).